The minimum absolute atomic E-state index is 0.567. The molecule has 0 N–H and O–H groups in total. The van der Waals surface area contributed by atoms with Crippen LogP contribution in [0.2, 0.25) is 0 Å². The first-order chi connectivity index (χ1) is 12.3. The van der Waals surface area contributed by atoms with Crippen molar-refractivity contribution in [3.05, 3.63) is 71.5 Å². The van der Waals surface area contributed by atoms with Crippen molar-refractivity contribution in [2.24, 2.45) is 4.99 Å². The number of hydrogen-bond acceptors (Lipinski definition) is 3. The molecule has 3 aromatic rings. The number of aromatic nitrogens is 1. The van der Waals surface area contributed by atoms with Crippen LogP contribution in [0.25, 0.3) is 10.8 Å². The first-order valence-corrected chi connectivity index (χ1v) is 9.67. The molecule has 0 aliphatic carbocycles. The molecule has 1 aromatic heterocycles. The fourth-order valence-corrected chi connectivity index (χ4v) is 4.95. The Labute approximate surface area is 151 Å². The Kier molecular flexibility index (Phi) is 3.52. The molecule has 2 aliphatic rings. The molecule has 0 saturated carbocycles. The van der Waals surface area contributed by atoms with Gasteiger partial charge < -0.3 is 4.90 Å². The zero-order valence-electron chi connectivity index (χ0n) is 14.1. The molecule has 1 unspecified atom stereocenters. The summed E-state index contributed by atoms with van der Waals surface area (Å²) in [5.41, 5.74) is 5.01. The van der Waals surface area contributed by atoms with Crippen LogP contribution in [0.15, 0.2) is 59.7 Å². The Balaban J connectivity index is 1.55. The first-order valence-electron chi connectivity index (χ1n) is 8.68. The van der Waals surface area contributed by atoms with Gasteiger partial charge in [0.1, 0.15) is 0 Å². The average Bonchev–Trinajstić information content (AvgIpc) is 3.02. The van der Waals surface area contributed by atoms with Gasteiger partial charge in [0, 0.05) is 41.0 Å². The number of pyridine rings is 1. The van der Waals surface area contributed by atoms with Gasteiger partial charge in [0.25, 0.3) is 0 Å². The van der Waals surface area contributed by atoms with Gasteiger partial charge in [-0.2, -0.15) is 0 Å². The van der Waals surface area contributed by atoms with E-state index in [-0.39, 0.29) is 0 Å². The second-order valence-corrected chi connectivity index (χ2v) is 7.77. The lowest BCUT2D eigenvalue weighted by Gasteiger charge is -2.32. The zero-order valence-corrected chi connectivity index (χ0v) is 15.0. The molecule has 25 heavy (non-hydrogen) atoms. The van der Waals surface area contributed by atoms with E-state index in [1.54, 1.807) is 0 Å². The third-order valence-electron chi connectivity index (χ3n) is 5.10. The van der Waals surface area contributed by atoms with Crippen LogP contribution in [0.4, 0.5) is 5.69 Å². The normalized spacial score (nSPS) is 20.8. The van der Waals surface area contributed by atoms with Crippen molar-refractivity contribution in [1.82, 2.24) is 9.88 Å². The van der Waals surface area contributed by atoms with Crippen molar-refractivity contribution in [3.63, 3.8) is 0 Å². The van der Waals surface area contributed by atoms with E-state index >= 15 is 0 Å². The zero-order chi connectivity index (χ0) is 16.8. The summed E-state index contributed by atoms with van der Waals surface area (Å²) in [5, 5.41) is 3.49. The number of fused-ring (bicyclic) bond motifs is 3. The van der Waals surface area contributed by atoms with E-state index in [4.69, 9.17) is 4.99 Å². The number of nitrogens with zero attached hydrogens (tertiary/aromatic N) is 3. The van der Waals surface area contributed by atoms with Crippen molar-refractivity contribution in [1.29, 1.82) is 0 Å². The smallest absolute Gasteiger partial charge is 0.165 e. The standard InChI is InChI=1S/C21H19N3S/c1-14-9-19-16(11-22-14)7-4-8-20(19)23-21-24-12-17-6-3-2-5-15(17)10-18(24)13-25-21/h2-9,11,18H,10,12-13H2,1H3. The van der Waals surface area contributed by atoms with Crippen LogP contribution in [0, 0.1) is 6.92 Å². The highest BCUT2D eigenvalue weighted by Gasteiger charge is 2.34. The van der Waals surface area contributed by atoms with E-state index in [0.29, 0.717) is 6.04 Å². The largest absolute Gasteiger partial charge is 0.343 e. The van der Waals surface area contributed by atoms with Crippen molar-refractivity contribution in [2.75, 3.05) is 5.75 Å². The topological polar surface area (TPSA) is 28.5 Å². The maximum Gasteiger partial charge on any atom is 0.165 e. The highest BCUT2D eigenvalue weighted by atomic mass is 32.2. The molecule has 0 amide bonds. The van der Waals surface area contributed by atoms with E-state index in [9.17, 15) is 0 Å². The van der Waals surface area contributed by atoms with Crippen LogP contribution in [-0.2, 0) is 13.0 Å². The lowest BCUT2D eigenvalue weighted by molar-refractivity contribution is 0.320. The lowest BCUT2D eigenvalue weighted by atomic mass is 9.95. The molecule has 124 valence electrons. The highest BCUT2D eigenvalue weighted by molar-refractivity contribution is 8.14. The Hall–Kier alpha value is -2.33. The van der Waals surface area contributed by atoms with Crippen LogP contribution < -0.4 is 0 Å². The first kappa shape index (κ1) is 15.0. The van der Waals surface area contributed by atoms with Gasteiger partial charge in [0.2, 0.25) is 0 Å². The number of aryl methyl sites for hydroxylation is 1. The fourth-order valence-electron chi connectivity index (χ4n) is 3.77. The van der Waals surface area contributed by atoms with Gasteiger partial charge in [-0.25, -0.2) is 4.99 Å². The number of hydrogen-bond donors (Lipinski definition) is 0. The molecule has 5 rings (SSSR count). The van der Waals surface area contributed by atoms with Crippen molar-refractivity contribution in [3.8, 4) is 0 Å². The Morgan fingerprint density at radius 3 is 2.92 bits per heavy atom. The molecule has 0 radical (unpaired) electrons. The quantitative estimate of drug-likeness (QED) is 0.640. The van der Waals surface area contributed by atoms with Crippen molar-refractivity contribution >= 4 is 33.4 Å². The van der Waals surface area contributed by atoms with E-state index in [1.165, 1.54) is 16.5 Å². The number of thioether (sulfide) groups is 1. The average molecular weight is 345 g/mol. The SMILES string of the molecule is Cc1cc2c(N=C3SCC4Cc5ccccc5CN34)cccc2cn1. The predicted octanol–water partition coefficient (Wildman–Crippen LogP) is 4.70. The Bertz CT molecular complexity index is 995. The summed E-state index contributed by atoms with van der Waals surface area (Å²) >= 11 is 1.89. The minimum atomic E-state index is 0.567. The molecular weight excluding hydrogens is 326 g/mol. The van der Waals surface area contributed by atoms with Gasteiger partial charge in [-0.3, -0.25) is 4.98 Å². The second-order valence-electron chi connectivity index (χ2n) is 6.78. The molecule has 3 nitrogen and oxygen atoms in total. The monoisotopic (exact) mass is 345 g/mol. The summed E-state index contributed by atoms with van der Waals surface area (Å²) < 4.78 is 0. The molecule has 2 aromatic carbocycles. The molecule has 1 atom stereocenters. The Morgan fingerprint density at radius 2 is 2.00 bits per heavy atom. The minimum Gasteiger partial charge on any atom is -0.343 e. The lowest BCUT2D eigenvalue weighted by Crippen LogP contribution is -2.38. The van der Waals surface area contributed by atoms with Gasteiger partial charge in [0.05, 0.1) is 5.69 Å². The van der Waals surface area contributed by atoms with Crippen LogP contribution in [0.1, 0.15) is 16.8 Å². The van der Waals surface area contributed by atoms with Crippen molar-refractivity contribution in [2.45, 2.75) is 25.9 Å². The van der Waals surface area contributed by atoms with E-state index < -0.39 is 0 Å². The number of aliphatic imine (C=N–C) groups is 1. The van der Waals surface area contributed by atoms with Crippen LogP contribution in [0.5, 0.6) is 0 Å². The Morgan fingerprint density at radius 1 is 1.12 bits per heavy atom. The van der Waals surface area contributed by atoms with E-state index in [1.807, 2.05) is 24.9 Å². The second kappa shape index (κ2) is 5.88. The van der Waals surface area contributed by atoms with Crippen LogP contribution in [-0.4, -0.2) is 26.8 Å². The molecular formula is C21H19N3S. The van der Waals surface area contributed by atoms with Crippen molar-refractivity contribution < 1.29 is 0 Å². The summed E-state index contributed by atoms with van der Waals surface area (Å²) in [4.78, 5) is 12.0. The van der Waals surface area contributed by atoms with Crippen LogP contribution >= 0.6 is 11.8 Å². The molecule has 4 heteroatoms. The fraction of sp³-hybridized carbons (Fsp3) is 0.238. The molecule has 1 saturated heterocycles. The highest BCUT2D eigenvalue weighted by Crippen LogP contribution is 2.36. The third kappa shape index (κ3) is 2.61. The summed E-state index contributed by atoms with van der Waals surface area (Å²) in [7, 11) is 0. The predicted molar refractivity (Wildman–Crippen MR) is 106 cm³/mol. The molecule has 1 fully saturated rings. The summed E-state index contributed by atoms with van der Waals surface area (Å²) in [6, 6.07) is 17.8. The van der Waals surface area contributed by atoms with E-state index in [0.717, 1.165) is 40.7 Å². The van der Waals surface area contributed by atoms with E-state index in [2.05, 4.69) is 58.4 Å². The number of amidine groups is 1. The maximum absolute atomic E-state index is 5.06. The van der Waals surface area contributed by atoms with Crippen LogP contribution in [0.3, 0.4) is 0 Å². The van der Waals surface area contributed by atoms with Gasteiger partial charge in [-0.15, -0.1) is 0 Å². The molecule has 2 aliphatic heterocycles. The van der Waals surface area contributed by atoms with Gasteiger partial charge in [0.15, 0.2) is 5.17 Å². The van der Waals surface area contributed by atoms with Gasteiger partial charge in [-0.05, 0) is 36.6 Å². The summed E-state index contributed by atoms with van der Waals surface area (Å²) in [6.07, 6.45) is 3.07. The van der Waals surface area contributed by atoms with Gasteiger partial charge in [-0.1, -0.05) is 48.2 Å². The number of benzene rings is 2. The summed E-state index contributed by atoms with van der Waals surface area (Å²) in [5.74, 6) is 1.12. The molecule has 3 heterocycles. The number of rotatable bonds is 1. The van der Waals surface area contributed by atoms with Gasteiger partial charge >= 0.3 is 0 Å². The third-order valence-corrected chi connectivity index (χ3v) is 6.23. The summed E-state index contributed by atoms with van der Waals surface area (Å²) in [6.45, 7) is 3.00. The molecule has 0 spiro atoms. The molecule has 0 bridgehead atoms. The maximum atomic E-state index is 5.06.